The predicted molar refractivity (Wildman–Crippen MR) is 217 cm³/mol. The molecule has 2 rings (SSSR count). The molecule has 0 saturated carbocycles. The van der Waals surface area contributed by atoms with Gasteiger partial charge >= 0.3 is 12.1 Å². The Labute approximate surface area is 331 Å². The van der Waals surface area contributed by atoms with E-state index in [1.165, 1.54) is 88.4 Å². The molecule has 0 spiro atoms. The number of hydrogen-bond donors (Lipinski definition) is 5. The summed E-state index contributed by atoms with van der Waals surface area (Å²) in [4.78, 5) is 43.0. The molecule has 0 aliphatic carbocycles. The molecule has 55 heavy (non-hydrogen) atoms. The molecule has 0 unspecified atom stereocenters. The van der Waals surface area contributed by atoms with E-state index >= 15 is 0 Å². The van der Waals surface area contributed by atoms with Crippen LogP contribution in [0.1, 0.15) is 161 Å². The molecule has 0 bridgehead atoms. The van der Waals surface area contributed by atoms with E-state index in [-0.39, 0.29) is 13.2 Å². The van der Waals surface area contributed by atoms with Crippen LogP contribution in [0, 0.1) is 0 Å². The SMILES string of the molecule is CCCCCCCCCCCCCCN(C(=O)NCCCCCCCCCCCC)[C@@H]1O[C@H](CO)[C@@H](O)[C@H](O)[C@H]1N(C(=O)CN)C(=O)OCc1ccccc1. The van der Waals surface area contributed by atoms with Crippen LogP contribution in [0.15, 0.2) is 30.3 Å². The summed E-state index contributed by atoms with van der Waals surface area (Å²) in [6, 6.07) is 6.87. The number of urea groups is 1. The summed E-state index contributed by atoms with van der Waals surface area (Å²) in [5.74, 6) is -0.874. The first-order chi connectivity index (χ1) is 26.8. The highest BCUT2D eigenvalue weighted by Crippen LogP contribution is 2.29. The third-order valence-corrected chi connectivity index (χ3v) is 10.6. The van der Waals surface area contributed by atoms with Gasteiger partial charge in [-0.25, -0.2) is 14.5 Å². The van der Waals surface area contributed by atoms with Crippen LogP contribution in [0.5, 0.6) is 0 Å². The fourth-order valence-corrected chi connectivity index (χ4v) is 7.27. The maximum absolute atomic E-state index is 14.0. The Morgan fingerprint density at radius 2 is 1.22 bits per heavy atom. The molecule has 1 fully saturated rings. The molecule has 1 aliphatic heterocycles. The van der Waals surface area contributed by atoms with Crippen LogP contribution in [-0.4, -0.2) is 100.0 Å². The molecule has 0 aromatic heterocycles. The molecule has 5 atom stereocenters. The molecule has 1 heterocycles. The van der Waals surface area contributed by atoms with Crippen LogP contribution in [-0.2, 0) is 20.9 Å². The molecule has 1 aromatic rings. The number of carbonyl (C=O) groups is 3. The van der Waals surface area contributed by atoms with Crippen LogP contribution in [0.25, 0.3) is 0 Å². The second-order valence-corrected chi connectivity index (χ2v) is 15.2. The van der Waals surface area contributed by atoms with Gasteiger partial charge in [-0.1, -0.05) is 173 Å². The van der Waals surface area contributed by atoms with Crippen LogP contribution >= 0.6 is 0 Å². The average Bonchev–Trinajstić information content (AvgIpc) is 3.20. The van der Waals surface area contributed by atoms with Gasteiger partial charge in [-0.15, -0.1) is 0 Å². The Hall–Kier alpha value is -2.77. The highest BCUT2D eigenvalue weighted by Gasteiger charge is 2.53. The maximum atomic E-state index is 14.0. The molecular formula is C43H76N4O8. The van der Waals surface area contributed by atoms with E-state index in [0.717, 1.165) is 51.4 Å². The number of nitrogens with one attached hydrogen (secondary N) is 1. The molecule has 1 aromatic carbocycles. The molecule has 0 radical (unpaired) electrons. The van der Waals surface area contributed by atoms with Crippen molar-refractivity contribution in [3.63, 3.8) is 0 Å². The number of ether oxygens (including phenoxy) is 2. The summed E-state index contributed by atoms with van der Waals surface area (Å²) < 4.78 is 11.6. The average molecular weight is 777 g/mol. The fraction of sp³-hybridized carbons (Fsp3) is 0.791. The molecule has 12 nitrogen and oxygen atoms in total. The summed E-state index contributed by atoms with van der Waals surface area (Å²) in [7, 11) is 0. The summed E-state index contributed by atoms with van der Waals surface area (Å²) in [5.41, 5.74) is 6.43. The Morgan fingerprint density at radius 1 is 0.727 bits per heavy atom. The lowest BCUT2D eigenvalue weighted by molar-refractivity contribution is -0.238. The zero-order valence-corrected chi connectivity index (χ0v) is 34.2. The van der Waals surface area contributed by atoms with Gasteiger partial charge in [0.05, 0.1) is 13.2 Å². The standard InChI is InChI=1S/C43H76N4O8/c1-3-5-7-9-11-13-15-16-18-20-22-27-31-46(42(52)45-30-26-21-19-17-14-12-10-8-6-4-2)41-38(40(51)39(50)36(33-48)55-41)47(37(49)32-44)43(53)54-34-35-28-24-23-25-29-35/h23-25,28-29,36,38-41,48,50-51H,3-22,26-27,30-34,44H2,1-2H3,(H,45,52)/t36-,38-,39-,40-,41-/m1/s1. The van der Waals surface area contributed by atoms with Crippen molar-refractivity contribution < 1.29 is 39.2 Å². The van der Waals surface area contributed by atoms with Crippen LogP contribution in [0.4, 0.5) is 9.59 Å². The van der Waals surface area contributed by atoms with Crippen LogP contribution in [0.3, 0.4) is 0 Å². The summed E-state index contributed by atoms with van der Waals surface area (Å²) in [6.07, 6.45) is 18.0. The zero-order chi connectivity index (χ0) is 40.1. The highest BCUT2D eigenvalue weighted by atomic mass is 16.6. The molecular weight excluding hydrogens is 700 g/mol. The van der Waals surface area contributed by atoms with E-state index in [1.807, 2.05) is 6.07 Å². The quantitative estimate of drug-likeness (QED) is 0.0494. The van der Waals surface area contributed by atoms with Crippen molar-refractivity contribution in [3.05, 3.63) is 35.9 Å². The van der Waals surface area contributed by atoms with Crippen molar-refractivity contribution in [3.8, 4) is 0 Å². The van der Waals surface area contributed by atoms with E-state index in [2.05, 4.69) is 19.2 Å². The topological polar surface area (TPSA) is 175 Å². The lowest BCUT2D eigenvalue weighted by Gasteiger charge is -2.49. The van der Waals surface area contributed by atoms with Crippen molar-refractivity contribution >= 4 is 18.0 Å². The number of benzene rings is 1. The van der Waals surface area contributed by atoms with Crippen LogP contribution in [0.2, 0.25) is 0 Å². The Balaban J connectivity index is 2.15. The van der Waals surface area contributed by atoms with E-state index in [4.69, 9.17) is 15.2 Å². The minimum absolute atomic E-state index is 0.161. The van der Waals surface area contributed by atoms with Gasteiger partial charge in [0.1, 0.15) is 31.0 Å². The molecule has 4 amide bonds. The summed E-state index contributed by atoms with van der Waals surface area (Å²) in [6.45, 7) is 3.66. The first-order valence-corrected chi connectivity index (χ1v) is 21.7. The van der Waals surface area contributed by atoms with E-state index in [0.29, 0.717) is 23.4 Å². The third-order valence-electron chi connectivity index (χ3n) is 10.6. The molecule has 316 valence electrons. The Kier molecular flexibility index (Phi) is 26.7. The first kappa shape index (κ1) is 48.4. The van der Waals surface area contributed by atoms with Crippen LogP contribution < -0.4 is 11.1 Å². The lowest BCUT2D eigenvalue weighted by Crippen LogP contribution is -2.71. The monoisotopic (exact) mass is 777 g/mol. The summed E-state index contributed by atoms with van der Waals surface area (Å²) >= 11 is 0. The van der Waals surface area contributed by atoms with Gasteiger partial charge < -0.3 is 35.8 Å². The van der Waals surface area contributed by atoms with Gasteiger partial charge in [-0.05, 0) is 18.4 Å². The molecule has 1 saturated heterocycles. The smallest absolute Gasteiger partial charge is 0.417 e. The Morgan fingerprint density at radius 3 is 1.71 bits per heavy atom. The van der Waals surface area contributed by atoms with E-state index < -0.39 is 61.8 Å². The molecule has 6 N–H and O–H groups in total. The van der Waals surface area contributed by atoms with Gasteiger partial charge in [0, 0.05) is 13.1 Å². The van der Waals surface area contributed by atoms with Crippen molar-refractivity contribution in [1.82, 2.24) is 15.1 Å². The van der Waals surface area contributed by atoms with E-state index in [1.54, 1.807) is 24.3 Å². The fourth-order valence-electron chi connectivity index (χ4n) is 7.27. The van der Waals surface area contributed by atoms with Crippen molar-refractivity contribution in [2.24, 2.45) is 5.73 Å². The normalized spacial score (nSPS) is 19.6. The number of unbranched alkanes of at least 4 members (excludes halogenated alkanes) is 20. The highest BCUT2D eigenvalue weighted by molar-refractivity contribution is 5.93. The third kappa shape index (κ3) is 18.8. The van der Waals surface area contributed by atoms with Gasteiger partial charge in [0.25, 0.3) is 0 Å². The number of carbonyl (C=O) groups excluding carboxylic acids is 3. The number of aliphatic hydroxyl groups excluding tert-OH is 3. The van der Waals surface area contributed by atoms with E-state index in [9.17, 15) is 29.7 Å². The zero-order valence-electron chi connectivity index (χ0n) is 34.2. The lowest BCUT2D eigenvalue weighted by atomic mass is 9.93. The predicted octanol–water partition coefficient (Wildman–Crippen LogP) is 7.55. The van der Waals surface area contributed by atoms with Crippen molar-refractivity contribution in [2.75, 3.05) is 26.2 Å². The number of nitrogens with two attached hydrogens (primary N) is 1. The van der Waals surface area contributed by atoms with Crippen molar-refractivity contribution in [1.29, 1.82) is 0 Å². The number of nitrogens with zero attached hydrogens (tertiary/aromatic N) is 2. The Bertz CT molecular complexity index is 1140. The van der Waals surface area contributed by atoms with Gasteiger partial charge in [-0.2, -0.15) is 0 Å². The number of imide groups is 1. The maximum Gasteiger partial charge on any atom is 0.417 e. The van der Waals surface area contributed by atoms with Gasteiger partial charge in [0.2, 0.25) is 5.91 Å². The number of hydrogen-bond acceptors (Lipinski definition) is 9. The van der Waals surface area contributed by atoms with Gasteiger partial charge in [-0.3, -0.25) is 9.69 Å². The second-order valence-electron chi connectivity index (χ2n) is 15.2. The first-order valence-electron chi connectivity index (χ1n) is 21.7. The number of rotatable bonds is 30. The van der Waals surface area contributed by atoms with Gasteiger partial charge in [0.15, 0.2) is 6.23 Å². The number of aliphatic hydroxyl groups is 3. The number of amides is 4. The van der Waals surface area contributed by atoms with Crippen molar-refractivity contribution in [2.45, 2.75) is 192 Å². The summed E-state index contributed by atoms with van der Waals surface area (Å²) in [5, 5.41) is 35.6. The largest absolute Gasteiger partial charge is 0.444 e. The molecule has 12 heteroatoms. The second kappa shape index (κ2) is 30.4. The molecule has 1 aliphatic rings. The minimum Gasteiger partial charge on any atom is -0.444 e. The minimum atomic E-state index is -1.77.